The van der Waals surface area contributed by atoms with Crippen LogP contribution < -0.4 is 0 Å². The molecule has 0 aliphatic heterocycles. The van der Waals surface area contributed by atoms with Crippen molar-refractivity contribution in [3.05, 3.63) is 25.3 Å². The molecule has 0 aliphatic rings. The lowest BCUT2D eigenvalue weighted by molar-refractivity contribution is -0.0309. The third-order valence-electron chi connectivity index (χ3n) is 1.48. The number of alkyl halides is 1. The van der Waals surface area contributed by atoms with Crippen molar-refractivity contribution in [1.29, 1.82) is 0 Å². The molecule has 12 heavy (non-hydrogen) atoms. The average Bonchev–Trinajstić information content (AvgIpc) is 2.09. The molecule has 0 rings (SSSR count). The summed E-state index contributed by atoms with van der Waals surface area (Å²) in [5.41, 5.74) is 0. The Morgan fingerprint density at radius 3 is 2.58 bits per heavy atom. The summed E-state index contributed by atoms with van der Waals surface area (Å²) in [4.78, 5) is 0. The largest absolute Gasteiger partial charge is 0.344 e. The van der Waals surface area contributed by atoms with Crippen molar-refractivity contribution in [3.63, 3.8) is 0 Å². The van der Waals surface area contributed by atoms with Gasteiger partial charge in [0.15, 0.2) is 6.36 Å². The van der Waals surface area contributed by atoms with Crippen molar-refractivity contribution in [2.45, 2.75) is 32.0 Å². The molecule has 0 saturated heterocycles. The molecule has 0 N–H and O–H groups in total. The Bertz CT molecular complexity index is 123. The number of allylic oxidation sites excluding steroid dienone is 1. The van der Waals surface area contributed by atoms with Gasteiger partial charge >= 0.3 is 0 Å². The SMILES string of the molecule is C=CCCCCC(F)OCC=C. The van der Waals surface area contributed by atoms with E-state index in [1.807, 2.05) is 6.08 Å². The maximum atomic E-state index is 12.7. The van der Waals surface area contributed by atoms with Gasteiger partial charge in [0.05, 0.1) is 6.61 Å². The van der Waals surface area contributed by atoms with E-state index >= 15 is 0 Å². The van der Waals surface area contributed by atoms with Gasteiger partial charge in [0.1, 0.15) is 0 Å². The van der Waals surface area contributed by atoms with E-state index in [0.717, 1.165) is 19.3 Å². The second-order valence-electron chi connectivity index (χ2n) is 2.61. The first-order valence-electron chi connectivity index (χ1n) is 4.28. The Morgan fingerprint density at radius 1 is 1.25 bits per heavy atom. The molecule has 0 aliphatic carbocycles. The summed E-state index contributed by atoms with van der Waals surface area (Å²) >= 11 is 0. The van der Waals surface area contributed by atoms with Crippen LogP contribution >= 0.6 is 0 Å². The summed E-state index contributed by atoms with van der Waals surface area (Å²) in [6.07, 6.45) is 5.53. The molecule has 0 fully saturated rings. The molecule has 0 heterocycles. The topological polar surface area (TPSA) is 9.23 Å². The van der Waals surface area contributed by atoms with Crippen molar-refractivity contribution in [2.24, 2.45) is 0 Å². The van der Waals surface area contributed by atoms with E-state index in [-0.39, 0.29) is 0 Å². The lowest BCUT2D eigenvalue weighted by Crippen LogP contribution is -2.05. The number of unbranched alkanes of at least 4 members (excludes halogenated alkanes) is 2. The normalized spacial score (nSPS) is 12.4. The highest BCUT2D eigenvalue weighted by Crippen LogP contribution is 2.07. The molecule has 1 atom stereocenters. The summed E-state index contributed by atoms with van der Waals surface area (Å²) in [5.74, 6) is 0. The van der Waals surface area contributed by atoms with Gasteiger partial charge in [0.25, 0.3) is 0 Å². The predicted octanol–water partition coefficient (Wildman–Crippen LogP) is 3.23. The van der Waals surface area contributed by atoms with Crippen LogP contribution in [0, 0.1) is 0 Å². The molecule has 0 amide bonds. The fourth-order valence-electron chi connectivity index (χ4n) is 0.849. The van der Waals surface area contributed by atoms with E-state index in [9.17, 15) is 4.39 Å². The van der Waals surface area contributed by atoms with E-state index in [2.05, 4.69) is 13.2 Å². The summed E-state index contributed by atoms with van der Waals surface area (Å²) in [6, 6.07) is 0. The molecule has 0 spiro atoms. The first kappa shape index (κ1) is 11.4. The number of halogens is 1. The van der Waals surface area contributed by atoms with Gasteiger partial charge in [-0.2, -0.15) is 0 Å². The van der Waals surface area contributed by atoms with Crippen LogP contribution in [-0.2, 0) is 4.74 Å². The number of rotatable bonds is 8. The van der Waals surface area contributed by atoms with Gasteiger partial charge in [-0.05, 0) is 19.3 Å². The van der Waals surface area contributed by atoms with Crippen molar-refractivity contribution in [3.8, 4) is 0 Å². The van der Waals surface area contributed by atoms with Crippen LogP contribution in [-0.4, -0.2) is 13.0 Å². The second kappa shape index (κ2) is 8.47. The number of hydrogen-bond donors (Lipinski definition) is 0. The molecule has 0 bridgehead atoms. The highest BCUT2D eigenvalue weighted by atomic mass is 19.1. The molecule has 0 radical (unpaired) electrons. The molecule has 0 aromatic carbocycles. The summed E-state index contributed by atoms with van der Waals surface area (Å²) < 4.78 is 17.5. The van der Waals surface area contributed by atoms with Crippen LogP contribution in [0.25, 0.3) is 0 Å². The summed E-state index contributed by atoms with van der Waals surface area (Å²) in [6.45, 7) is 7.32. The first-order chi connectivity index (χ1) is 5.81. The minimum atomic E-state index is -1.13. The van der Waals surface area contributed by atoms with E-state index in [1.165, 1.54) is 0 Å². The Kier molecular flexibility index (Phi) is 8.02. The predicted molar refractivity (Wildman–Crippen MR) is 49.7 cm³/mol. The zero-order chi connectivity index (χ0) is 9.23. The third-order valence-corrected chi connectivity index (χ3v) is 1.48. The second-order valence-corrected chi connectivity index (χ2v) is 2.61. The van der Waals surface area contributed by atoms with Crippen molar-refractivity contribution >= 4 is 0 Å². The molecule has 0 aromatic heterocycles. The van der Waals surface area contributed by atoms with Gasteiger partial charge in [-0.25, -0.2) is 4.39 Å². The Balaban J connectivity index is 3.12. The zero-order valence-corrected chi connectivity index (χ0v) is 7.47. The molecule has 70 valence electrons. The highest BCUT2D eigenvalue weighted by Gasteiger charge is 2.03. The highest BCUT2D eigenvalue weighted by molar-refractivity contribution is 4.66. The van der Waals surface area contributed by atoms with Gasteiger partial charge in [-0.1, -0.05) is 12.2 Å². The van der Waals surface area contributed by atoms with Gasteiger partial charge in [-0.3, -0.25) is 0 Å². The first-order valence-corrected chi connectivity index (χ1v) is 4.28. The molecule has 0 aromatic rings. The van der Waals surface area contributed by atoms with E-state index < -0.39 is 6.36 Å². The maximum absolute atomic E-state index is 12.7. The van der Waals surface area contributed by atoms with Crippen molar-refractivity contribution < 1.29 is 9.13 Å². The quantitative estimate of drug-likeness (QED) is 0.403. The molecular weight excluding hydrogens is 155 g/mol. The average molecular weight is 172 g/mol. The van der Waals surface area contributed by atoms with Crippen LogP contribution in [0.1, 0.15) is 25.7 Å². The smallest absolute Gasteiger partial charge is 0.199 e. The molecule has 1 nitrogen and oxygen atoms in total. The third kappa shape index (κ3) is 7.48. The standard InChI is InChI=1S/C10H17FO/c1-3-5-6-7-8-10(11)12-9-4-2/h3-4,10H,1-2,5-9H2. The van der Waals surface area contributed by atoms with Crippen LogP contribution in [0.5, 0.6) is 0 Å². The van der Waals surface area contributed by atoms with E-state index in [1.54, 1.807) is 6.08 Å². The van der Waals surface area contributed by atoms with Gasteiger partial charge in [0.2, 0.25) is 0 Å². The Morgan fingerprint density at radius 2 is 2.00 bits per heavy atom. The summed E-state index contributed by atoms with van der Waals surface area (Å²) in [5, 5.41) is 0. The van der Waals surface area contributed by atoms with E-state index in [0.29, 0.717) is 13.0 Å². The minimum absolute atomic E-state index is 0.294. The van der Waals surface area contributed by atoms with Crippen LogP contribution in [0.3, 0.4) is 0 Å². The Labute approximate surface area is 73.9 Å². The lowest BCUT2D eigenvalue weighted by Gasteiger charge is -2.06. The molecule has 0 saturated carbocycles. The Hall–Kier alpha value is -0.630. The zero-order valence-electron chi connectivity index (χ0n) is 7.47. The van der Waals surface area contributed by atoms with Gasteiger partial charge in [-0.15, -0.1) is 13.2 Å². The van der Waals surface area contributed by atoms with Crippen LogP contribution in [0.15, 0.2) is 25.3 Å². The summed E-state index contributed by atoms with van der Waals surface area (Å²) in [7, 11) is 0. The van der Waals surface area contributed by atoms with Gasteiger partial charge < -0.3 is 4.74 Å². The fourth-order valence-corrected chi connectivity index (χ4v) is 0.849. The number of hydrogen-bond acceptors (Lipinski definition) is 1. The number of ether oxygens (including phenoxy) is 1. The van der Waals surface area contributed by atoms with E-state index in [4.69, 9.17) is 4.74 Å². The molecule has 2 heteroatoms. The monoisotopic (exact) mass is 172 g/mol. The minimum Gasteiger partial charge on any atom is -0.344 e. The van der Waals surface area contributed by atoms with Crippen LogP contribution in [0.4, 0.5) is 4.39 Å². The molecule has 1 unspecified atom stereocenters. The lowest BCUT2D eigenvalue weighted by atomic mass is 10.2. The van der Waals surface area contributed by atoms with Gasteiger partial charge in [0, 0.05) is 6.42 Å². The van der Waals surface area contributed by atoms with Crippen molar-refractivity contribution in [2.75, 3.05) is 6.61 Å². The molecular formula is C10H17FO. The van der Waals surface area contributed by atoms with Crippen molar-refractivity contribution in [1.82, 2.24) is 0 Å². The maximum Gasteiger partial charge on any atom is 0.199 e. The fraction of sp³-hybridized carbons (Fsp3) is 0.600. The van der Waals surface area contributed by atoms with Crippen LogP contribution in [0.2, 0.25) is 0 Å².